The van der Waals surface area contributed by atoms with Crippen molar-refractivity contribution in [1.82, 2.24) is 10.2 Å². The SMILES string of the molecule is CCC(C(=O)NCCCOc1ccc(C)cc1)N(CC)CC. The maximum absolute atomic E-state index is 12.2. The van der Waals surface area contributed by atoms with E-state index in [1.54, 1.807) is 0 Å². The molecule has 0 saturated heterocycles. The molecule has 0 spiro atoms. The number of aryl methyl sites for hydroxylation is 1. The molecule has 0 aromatic heterocycles. The average Bonchev–Trinajstić information content (AvgIpc) is 2.53. The van der Waals surface area contributed by atoms with Crippen LogP contribution >= 0.6 is 0 Å². The Morgan fingerprint density at radius 2 is 1.82 bits per heavy atom. The van der Waals surface area contributed by atoms with E-state index in [9.17, 15) is 4.79 Å². The molecule has 0 aliphatic rings. The quantitative estimate of drug-likeness (QED) is 0.676. The Hall–Kier alpha value is -1.55. The van der Waals surface area contributed by atoms with Crippen LogP contribution in [0.25, 0.3) is 0 Å². The molecule has 0 heterocycles. The Bertz CT molecular complexity index is 427. The Kier molecular flexibility index (Phi) is 8.60. The number of benzene rings is 1. The second kappa shape index (κ2) is 10.2. The molecule has 4 heteroatoms. The summed E-state index contributed by atoms with van der Waals surface area (Å²) in [5.41, 5.74) is 1.22. The van der Waals surface area contributed by atoms with E-state index in [1.807, 2.05) is 24.3 Å². The highest BCUT2D eigenvalue weighted by molar-refractivity contribution is 5.81. The van der Waals surface area contributed by atoms with Gasteiger partial charge in [-0.3, -0.25) is 9.69 Å². The number of amides is 1. The molecule has 1 N–H and O–H groups in total. The summed E-state index contributed by atoms with van der Waals surface area (Å²) in [6, 6.07) is 8.00. The van der Waals surface area contributed by atoms with Crippen molar-refractivity contribution in [1.29, 1.82) is 0 Å². The largest absolute Gasteiger partial charge is 0.494 e. The minimum absolute atomic E-state index is 0.0204. The summed E-state index contributed by atoms with van der Waals surface area (Å²) < 4.78 is 5.66. The molecule has 1 unspecified atom stereocenters. The van der Waals surface area contributed by atoms with E-state index in [2.05, 4.69) is 37.9 Å². The predicted molar refractivity (Wildman–Crippen MR) is 91.3 cm³/mol. The Morgan fingerprint density at radius 3 is 2.36 bits per heavy atom. The van der Waals surface area contributed by atoms with Crippen molar-refractivity contribution in [3.63, 3.8) is 0 Å². The number of rotatable bonds is 10. The fraction of sp³-hybridized carbons (Fsp3) is 0.611. The predicted octanol–water partition coefficient (Wildman–Crippen LogP) is 3.00. The van der Waals surface area contributed by atoms with Gasteiger partial charge >= 0.3 is 0 Å². The topological polar surface area (TPSA) is 41.6 Å². The van der Waals surface area contributed by atoms with Crippen molar-refractivity contribution in [3.05, 3.63) is 29.8 Å². The maximum Gasteiger partial charge on any atom is 0.237 e. The van der Waals surface area contributed by atoms with Crippen molar-refractivity contribution < 1.29 is 9.53 Å². The summed E-state index contributed by atoms with van der Waals surface area (Å²) in [5.74, 6) is 1.01. The molecule has 22 heavy (non-hydrogen) atoms. The smallest absolute Gasteiger partial charge is 0.237 e. The molecular weight excluding hydrogens is 276 g/mol. The van der Waals surface area contributed by atoms with Crippen LogP contribution in [0, 0.1) is 6.92 Å². The fourth-order valence-corrected chi connectivity index (χ4v) is 2.50. The lowest BCUT2D eigenvalue weighted by Gasteiger charge is -2.27. The first-order chi connectivity index (χ1) is 10.6. The van der Waals surface area contributed by atoms with Crippen molar-refractivity contribution in [2.75, 3.05) is 26.2 Å². The second-order valence-corrected chi connectivity index (χ2v) is 5.45. The van der Waals surface area contributed by atoms with Gasteiger partial charge in [0.2, 0.25) is 5.91 Å². The summed E-state index contributed by atoms with van der Waals surface area (Å²) in [5, 5.41) is 3.02. The normalized spacial score (nSPS) is 12.2. The molecule has 124 valence electrons. The van der Waals surface area contributed by atoms with Crippen LogP contribution in [0.4, 0.5) is 0 Å². The zero-order valence-electron chi connectivity index (χ0n) is 14.4. The monoisotopic (exact) mass is 306 g/mol. The van der Waals surface area contributed by atoms with Gasteiger partial charge < -0.3 is 10.1 Å². The first-order valence-corrected chi connectivity index (χ1v) is 8.33. The third-order valence-corrected chi connectivity index (χ3v) is 3.85. The van der Waals surface area contributed by atoms with Crippen LogP contribution in [-0.4, -0.2) is 43.1 Å². The molecule has 1 amide bonds. The van der Waals surface area contributed by atoms with Gasteiger partial charge in [0.25, 0.3) is 0 Å². The number of likely N-dealkylation sites (N-methyl/N-ethyl adjacent to an activating group) is 1. The van der Waals surface area contributed by atoms with Gasteiger partial charge in [-0.2, -0.15) is 0 Å². The van der Waals surface area contributed by atoms with Crippen LogP contribution in [0.15, 0.2) is 24.3 Å². The summed E-state index contributed by atoms with van der Waals surface area (Å²) in [7, 11) is 0. The van der Waals surface area contributed by atoms with Crippen molar-refractivity contribution in [2.45, 2.75) is 46.6 Å². The van der Waals surface area contributed by atoms with Gasteiger partial charge in [0.1, 0.15) is 5.75 Å². The van der Waals surface area contributed by atoms with Crippen LogP contribution in [0.5, 0.6) is 5.75 Å². The first kappa shape index (κ1) is 18.5. The third-order valence-electron chi connectivity index (χ3n) is 3.85. The highest BCUT2D eigenvalue weighted by Gasteiger charge is 2.21. The van der Waals surface area contributed by atoms with E-state index in [0.717, 1.165) is 31.7 Å². The van der Waals surface area contributed by atoms with Crippen LogP contribution in [-0.2, 0) is 4.79 Å². The third kappa shape index (κ3) is 6.06. The molecule has 1 rings (SSSR count). The summed E-state index contributed by atoms with van der Waals surface area (Å²) in [6.45, 7) is 11.4. The standard InChI is InChI=1S/C18H30N2O2/c1-5-17(20(6-2)7-3)18(21)19-13-8-14-22-16-11-9-15(4)10-12-16/h9-12,17H,5-8,13-14H2,1-4H3,(H,19,21). The van der Waals surface area contributed by atoms with Gasteiger partial charge in [0.05, 0.1) is 12.6 Å². The fourth-order valence-electron chi connectivity index (χ4n) is 2.50. The zero-order valence-corrected chi connectivity index (χ0v) is 14.4. The number of nitrogens with zero attached hydrogens (tertiary/aromatic N) is 1. The maximum atomic E-state index is 12.2. The van der Waals surface area contributed by atoms with Crippen LogP contribution in [0.2, 0.25) is 0 Å². The zero-order chi connectivity index (χ0) is 16.4. The van der Waals surface area contributed by atoms with E-state index in [-0.39, 0.29) is 11.9 Å². The molecule has 0 bridgehead atoms. The molecule has 0 radical (unpaired) electrons. The molecule has 1 atom stereocenters. The van der Waals surface area contributed by atoms with E-state index in [1.165, 1.54) is 5.56 Å². The van der Waals surface area contributed by atoms with Crippen LogP contribution < -0.4 is 10.1 Å². The molecule has 1 aromatic carbocycles. The van der Waals surface area contributed by atoms with E-state index in [4.69, 9.17) is 4.74 Å². The van der Waals surface area contributed by atoms with E-state index >= 15 is 0 Å². The van der Waals surface area contributed by atoms with Gasteiger partial charge in [-0.15, -0.1) is 0 Å². The van der Waals surface area contributed by atoms with Crippen molar-refractivity contribution >= 4 is 5.91 Å². The molecular formula is C18H30N2O2. The minimum atomic E-state index is -0.0204. The van der Waals surface area contributed by atoms with Gasteiger partial charge in [-0.25, -0.2) is 0 Å². The van der Waals surface area contributed by atoms with Crippen LogP contribution in [0.1, 0.15) is 39.2 Å². The van der Waals surface area contributed by atoms with Crippen molar-refractivity contribution in [3.8, 4) is 5.75 Å². The lowest BCUT2D eigenvalue weighted by molar-refractivity contribution is -0.126. The Morgan fingerprint density at radius 1 is 1.18 bits per heavy atom. The van der Waals surface area contributed by atoms with Crippen LogP contribution in [0.3, 0.4) is 0 Å². The second-order valence-electron chi connectivity index (χ2n) is 5.45. The minimum Gasteiger partial charge on any atom is -0.494 e. The molecule has 0 saturated carbocycles. The molecule has 0 aliphatic carbocycles. The average molecular weight is 306 g/mol. The lowest BCUT2D eigenvalue weighted by Crippen LogP contribution is -2.46. The molecule has 4 nitrogen and oxygen atoms in total. The molecule has 1 aromatic rings. The highest BCUT2D eigenvalue weighted by atomic mass is 16.5. The number of carbonyl (C=O) groups is 1. The number of nitrogens with one attached hydrogen (secondary N) is 1. The molecule has 0 aliphatic heterocycles. The van der Waals surface area contributed by atoms with E-state index < -0.39 is 0 Å². The van der Waals surface area contributed by atoms with Gasteiger partial charge in [0.15, 0.2) is 0 Å². The lowest BCUT2D eigenvalue weighted by atomic mass is 10.1. The number of ether oxygens (including phenoxy) is 1. The number of hydrogen-bond donors (Lipinski definition) is 1. The number of hydrogen-bond acceptors (Lipinski definition) is 3. The first-order valence-electron chi connectivity index (χ1n) is 8.33. The highest BCUT2D eigenvalue weighted by Crippen LogP contribution is 2.11. The Labute approximate surface area is 134 Å². The summed E-state index contributed by atoms with van der Waals surface area (Å²) in [4.78, 5) is 14.4. The van der Waals surface area contributed by atoms with E-state index in [0.29, 0.717) is 13.2 Å². The van der Waals surface area contributed by atoms with Gasteiger partial charge in [-0.1, -0.05) is 38.5 Å². The summed E-state index contributed by atoms with van der Waals surface area (Å²) in [6.07, 6.45) is 1.65. The number of carbonyl (C=O) groups excluding carboxylic acids is 1. The van der Waals surface area contributed by atoms with Gasteiger partial charge in [0, 0.05) is 6.54 Å². The molecule has 0 fully saturated rings. The summed E-state index contributed by atoms with van der Waals surface area (Å²) >= 11 is 0. The van der Waals surface area contributed by atoms with Gasteiger partial charge in [-0.05, 0) is 45.0 Å². The Balaban J connectivity index is 2.25. The van der Waals surface area contributed by atoms with Crippen molar-refractivity contribution in [2.24, 2.45) is 0 Å².